The number of nitrogens with zero attached hydrogens (tertiary/aromatic N) is 2. The number of aromatic nitrogens is 2. The lowest BCUT2D eigenvalue weighted by Crippen LogP contribution is -2.01. The van der Waals surface area contributed by atoms with Gasteiger partial charge in [-0.25, -0.2) is 4.79 Å². The Kier molecular flexibility index (Phi) is 6.30. The van der Waals surface area contributed by atoms with Gasteiger partial charge in [-0.05, 0) is 60.0 Å². The first-order valence-corrected chi connectivity index (χ1v) is 8.57. The van der Waals surface area contributed by atoms with Gasteiger partial charge >= 0.3 is 5.97 Å². The maximum atomic E-state index is 11.8. The zero-order valence-electron chi connectivity index (χ0n) is 15.0. The molecule has 0 saturated carbocycles. The summed E-state index contributed by atoms with van der Waals surface area (Å²) < 4.78 is 10.9. The first-order valence-electron chi connectivity index (χ1n) is 8.57. The molecule has 5 heteroatoms. The lowest BCUT2D eigenvalue weighted by Gasteiger charge is -2.07. The number of carbonyl (C=O) groups is 1. The molecule has 2 aromatic heterocycles. The third-order valence-electron chi connectivity index (χ3n) is 3.73. The van der Waals surface area contributed by atoms with Crippen molar-refractivity contribution in [1.29, 1.82) is 0 Å². The average Bonchev–Trinajstić information content (AvgIpc) is 2.71. The van der Waals surface area contributed by atoms with Gasteiger partial charge in [0.25, 0.3) is 0 Å². The van der Waals surface area contributed by atoms with E-state index in [1.54, 1.807) is 24.7 Å². The second-order valence-corrected chi connectivity index (χ2v) is 5.99. The third kappa shape index (κ3) is 6.08. The van der Waals surface area contributed by atoms with Crippen LogP contribution in [0.2, 0.25) is 0 Å². The van der Waals surface area contributed by atoms with E-state index in [9.17, 15) is 4.79 Å². The van der Waals surface area contributed by atoms with Crippen LogP contribution in [0.15, 0.2) is 73.2 Å². The number of hydrogen-bond donors (Lipinski definition) is 0. The van der Waals surface area contributed by atoms with Crippen molar-refractivity contribution in [3.63, 3.8) is 0 Å². The number of benzene rings is 1. The smallest absolute Gasteiger partial charge is 0.331 e. The van der Waals surface area contributed by atoms with Crippen LogP contribution in [0.3, 0.4) is 0 Å². The Morgan fingerprint density at radius 2 is 1.93 bits per heavy atom. The summed E-state index contributed by atoms with van der Waals surface area (Å²) in [6.07, 6.45) is 8.29. The fourth-order valence-corrected chi connectivity index (χ4v) is 2.36. The largest absolute Gasteiger partial charge is 0.487 e. The molecule has 27 heavy (non-hydrogen) atoms. The predicted molar refractivity (Wildman–Crippen MR) is 103 cm³/mol. The van der Waals surface area contributed by atoms with Crippen molar-refractivity contribution < 1.29 is 14.3 Å². The zero-order chi connectivity index (χ0) is 18.9. The predicted octanol–water partition coefficient (Wildman–Crippen LogP) is 4.12. The number of aryl methyl sites for hydroxylation is 1. The topological polar surface area (TPSA) is 61.3 Å². The molecule has 0 spiro atoms. The molecule has 0 aliphatic carbocycles. The number of hydrogen-bond acceptors (Lipinski definition) is 5. The lowest BCUT2D eigenvalue weighted by atomic mass is 10.2. The first-order chi connectivity index (χ1) is 13.2. The van der Waals surface area contributed by atoms with Gasteiger partial charge in [0.15, 0.2) is 0 Å². The molecule has 2 heterocycles. The zero-order valence-corrected chi connectivity index (χ0v) is 15.0. The summed E-state index contributed by atoms with van der Waals surface area (Å²) in [4.78, 5) is 20.1. The van der Waals surface area contributed by atoms with Crippen LogP contribution < -0.4 is 4.74 Å². The second kappa shape index (κ2) is 9.29. The van der Waals surface area contributed by atoms with E-state index >= 15 is 0 Å². The monoisotopic (exact) mass is 360 g/mol. The van der Waals surface area contributed by atoms with Crippen molar-refractivity contribution in [1.82, 2.24) is 9.97 Å². The van der Waals surface area contributed by atoms with Crippen LogP contribution in [0.5, 0.6) is 5.75 Å². The number of carbonyl (C=O) groups excluding carboxylic acids is 1. The summed E-state index contributed by atoms with van der Waals surface area (Å²) in [5.74, 6) is 0.342. The van der Waals surface area contributed by atoms with E-state index in [-0.39, 0.29) is 6.61 Å². The van der Waals surface area contributed by atoms with Crippen LogP contribution in [-0.2, 0) is 22.7 Å². The quantitative estimate of drug-likeness (QED) is 0.468. The van der Waals surface area contributed by atoms with E-state index in [0.717, 1.165) is 28.1 Å². The number of ether oxygens (including phenoxy) is 2. The standard InChI is InChI=1S/C22H20N2O3/c1-17-12-19(14-23-13-17)7-10-22(25)27-15-18-5-8-21(9-6-18)26-16-20-4-2-3-11-24-20/h2-14H,15-16H2,1H3/b10-7+. The molecular formula is C22H20N2O3. The van der Waals surface area contributed by atoms with E-state index < -0.39 is 5.97 Å². The van der Waals surface area contributed by atoms with E-state index in [1.807, 2.05) is 55.5 Å². The molecule has 0 fully saturated rings. The van der Waals surface area contributed by atoms with Crippen LogP contribution in [0, 0.1) is 6.92 Å². The van der Waals surface area contributed by atoms with Crippen LogP contribution >= 0.6 is 0 Å². The fourth-order valence-electron chi connectivity index (χ4n) is 2.36. The Balaban J connectivity index is 1.46. The SMILES string of the molecule is Cc1cncc(/C=C/C(=O)OCc2ccc(OCc3ccccn3)cc2)c1. The van der Waals surface area contributed by atoms with Crippen LogP contribution in [0.1, 0.15) is 22.4 Å². The van der Waals surface area contributed by atoms with E-state index in [4.69, 9.17) is 9.47 Å². The summed E-state index contributed by atoms with van der Waals surface area (Å²) in [6, 6.07) is 15.1. The van der Waals surface area contributed by atoms with Gasteiger partial charge in [0.2, 0.25) is 0 Å². The summed E-state index contributed by atoms with van der Waals surface area (Å²) >= 11 is 0. The molecule has 136 valence electrons. The van der Waals surface area contributed by atoms with Gasteiger partial charge < -0.3 is 9.47 Å². The van der Waals surface area contributed by atoms with Crippen molar-refractivity contribution >= 4 is 12.0 Å². The molecule has 5 nitrogen and oxygen atoms in total. The fraction of sp³-hybridized carbons (Fsp3) is 0.136. The average molecular weight is 360 g/mol. The van der Waals surface area contributed by atoms with Gasteiger partial charge in [-0.2, -0.15) is 0 Å². The van der Waals surface area contributed by atoms with Crippen LogP contribution in [0.4, 0.5) is 0 Å². The Hall–Kier alpha value is -3.47. The number of esters is 1. The molecule has 0 aliphatic rings. The van der Waals surface area contributed by atoms with Crippen molar-refractivity contribution in [2.45, 2.75) is 20.1 Å². The lowest BCUT2D eigenvalue weighted by molar-refractivity contribution is -0.138. The Labute approximate surface area is 158 Å². The molecule has 0 saturated heterocycles. The number of rotatable bonds is 7. The minimum atomic E-state index is -0.396. The van der Waals surface area contributed by atoms with E-state index in [2.05, 4.69) is 9.97 Å². The molecule has 0 N–H and O–H groups in total. The normalized spacial score (nSPS) is 10.7. The van der Waals surface area contributed by atoms with Gasteiger partial charge in [0.05, 0.1) is 5.69 Å². The van der Waals surface area contributed by atoms with Crippen molar-refractivity contribution in [2.24, 2.45) is 0 Å². The van der Waals surface area contributed by atoms with E-state index in [0.29, 0.717) is 6.61 Å². The van der Waals surface area contributed by atoms with Crippen LogP contribution in [-0.4, -0.2) is 15.9 Å². The number of pyridine rings is 2. The van der Waals surface area contributed by atoms with E-state index in [1.165, 1.54) is 6.08 Å². The molecule has 0 atom stereocenters. The summed E-state index contributed by atoms with van der Waals surface area (Å²) in [7, 11) is 0. The van der Waals surface area contributed by atoms with Gasteiger partial charge in [0.1, 0.15) is 19.0 Å². The van der Waals surface area contributed by atoms with Gasteiger partial charge in [0, 0.05) is 24.7 Å². The van der Waals surface area contributed by atoms with Gasteiger partial charge in [-0.1, -0.05) is 18.2 Å². The van der Waals surface area contributed by atoms with Gasteiger partial charge in [-0.3, -0.25) is 9.97 Å². The summed E-state index contributed by atoms with van der Waals surface area (Å²) in [5.41, 5.74) is 3.66. The maximum Gasteiger partial charge on any atom is 0.331 e. The minimum Gasteiger partial charge on any atom is -0.487 e. The van der Waals surface area contributed by atoms with Crippen LogP contribution in [0.25, 0.3) is 6.08 Å². The highest BCUT2D eigenvalue weighted by molar-refractivity contribution is 5.86. The molecule has 0 amide bonds. The van der Waals surface area contributed by atoms with Gasteiger partial charge in [-0.15, -0.1) is 0 Å². The molecule has 0 unspecified atom stereocenters. The highest BCUT2D eigenvalue weighted by atomic mass is 16.5. The van der Waals surface area contributed by atoms with Crippen molar-refractivity contribution in [3.05, 3.63) is 95.6 Å². The third-order valence-corrected chi connectivity index (χ3v) is 3.73. The second-order valence-electron chi connectivity index (χ2n) is 5.99. The molecule has 0 aliphatic heterocycles. The molecular weight excluding hydrogens is 340 g/mol. The summed E-state index contributed by atoms with van der Waals surface area (Å²) in [6.45, 7) is 2.57. The maximum absolute atomic E-state index is 11.8. The van der Waals surface area contributed by atoms with Crippen molar-refractivity contribution in [2.75, 3.05) is 0 Å². The molecule has 3 aromatic rings. The Bertz CT molecular complexity index is 906. The molecule has 0 bridgehead atoms. The Morgan fingerprint density at radius 1 is 1.07 bits per heavy atom. The molecule has 3 rings (SSSR count). The highest BCUT2D eigenvalue weighted by Gasteiger charge is 2.01. The molecule has 0 radical (unpaired) electrons. The summed E-state index contributed by atoms with van der Waals surface area (Å²) in [5, 5.41) is 0. The minimum absolute atomic E-state index is 0.204. The highest BCUT2D eigenvalue weighted by Crippen LogP contribution is 2.14. The first kappa shape index (κ1) is 18.3. The van der Waals surface area contributed by atoms with Crippen molar-refractivity contribution in [3.8, 4) is 5.75 Å². The Morgan fingerprint density at radius 3 is 2.67 bits per heavy atom. The molecule has 1 aromatic carbocycles.